The summed E-state index contributed by atoms with van der Waals surface area (Å²) in [5.74, 6) is -0.824. The highest BCUT2D eigenvalue weighted by Gasteiger charge is 2.48. The predicted octanol–water partition coefficient (Wildman–Crippen LogP) is 14.6. The molecular formula is C95H117FN18O14S3. The molecule has 9 aromatic heterocycles. The van der Waals surface area contributed by atoms with Crippen molar-refractivity contribution in [1.82, 2.24) is 63.9 Å². The van der Waals surface area contributed by atoms with E-state index in [4.69, 9.17) is 28.9 Å². The quantitative estimate of drug-likeness (QED) is 0.0655. The van der Waals surface area contributed by atoms with Crippen molar-refractivity contribution in [2.24, 2.45) is 17.8 Å². The molecule has 0 aromatic carbocycles. The van der Waals surface area contributed by atoms with Gasteiger partial charge >= 0.3 is 6.09 Å². The van der Waals surface area contributed by atoms with Crippen LogP contribution in [0.15, 0.2) is 161 Å². The van der Waals surface area contributed by atoms with Crippen LogP contribution in [-0.4, -0.2) is 160 Å². The van der Waals surface area contributed by atoms with Crippen LogP contribution in [-0.2, 0) is 85.1 Å². The Morgan fingerprint density at radius 2 is 1.02 bits per heavy atom. The zero-order valence-corrected chi connectivity index (χ0v) is 79.2. The molecule has 0 radical (unpaired) electrons. The third-order valence-electron chi connectivity index (χ3n) is 25.5. The molecule has 3 saturated heterocycles. The Morgan fingerprint density at radius 3 is 1.48 bits per heavy atom. The monoisotopic (exact) mass is 1850 g/mol. The summed E-state index contributed by atoms with van der Waals surface area (Å²) in [6, 6.07) is 35.2. The van der Waals surface area contributed by atoms with Crippen LogP contribution in [0.25, 0.3) is 0 Å². The number of halogens is 1. The highest BCUT2D eigenvalue weighted by Crippen LogP contribution is 2.47. The number of rotatable bonds is 11. The Labute approximate surface area is 765 Å². The van der Waals surface area contributed by atoms with Crippen LogP contribution in [0.4, 0.5) is 38.3 Å². The zero-order valence-electron chi connectivity index (χ0n) is 76.7. The Morgan fingerprint density at radius 1 is 0.550 bits per heavy atom. The molecule has 8 aliphatic rings. The van der Waals surface area contributed by atoms with Crippen molar-refractivity contribution < 1.29 is 67.8 Å². The second-order valence-corrected chi connectivity index (χ2v) is 44.2. The van der Waals surface area contributed by atoms with E-state index in [1.165, 1.54) is 30.3 Å². The first-order valence-electron chi connectivity index (χ1n) is 44.6. The van der Waals surface area contributed by atoms with Gasteiger partial charge in [0.2, 0.25) is 5.95 Å². The van der Waals surface area contributed by atoms with Gasteiger partial charge < -0.3 is 49.6 Å². The highest BCUT2D eigenvalue weighted by atomic mass is 32.2. The molecule has 6 N–H and O–H groups in total. The van der Waals surface area contributed by atoms with Crippen LogP contribution in [0.2, 0.25) is 0 Å². The lowest BCUT2D eigenvalue weighted by Gasteiger charge is -2.37. The number of pyridine rings is 9. The number of hydrogen-bond donors (Lipinski definition) is 6. The van der Waals surface area contributed by atoms with Crippen molar-refractivity contribution in [3.05, 3.63) is 219 Å². The first-order valence-corrected chi connectivity index (χ1v) is 49.1. The van der Waals surface area contributed by atoms with E-state index in [1.807, 2.05) is 122 Å². The Hall–Kier alpha value is -11.3. The summed E-state index contributed by atoms with van der Waals surface area (Å²) in [5.41, 5.74) is 3.10. The van der Waals surface area contributed by atoms with E-state index < -0.39 is 86.7 Å². The summed E-state index contributed by atoms with van der Waals surface area (Å²) in [6.07, 6.45) is 13.7. The predicted molar refractivity (Wildman–Crippen MR) is 491 cm³/mol. The maximum absolute atomic E-state index is 15.0. The molecule has 0 aliphatic carbocycles. The van der Waals surface area contributed by atoms with Crippen molar-refractivity contribution in [2.45, 2.75) is 253 Å². The number of carbonyl (C=O) groups excluding carboxylic acids is 4. The van der Waals surface area contributed by atoms with Gasteiger partial charge in [-0.05, 0) is 306 Å². The molecular weight excluding hydrogens is 1730 g/mol. The fourth-order valence-corrected chi connectivity index (χ4v) is 22.0. The molecule has 36 heteroatoms. The van der Waals surface area contributed by atoms with Crippen molar-refractivity contribution in [1.29, 1.82) is 0 Å². The molecule has 8 bridgehead atoms. The lowest BCUT2D eigenvalue weighted by molar-refractivity contribution is -0.0358. The summed E-state index contributed by atoms with van der Waals surface area (Å²) < 4.78 is 125. The van der Waals surface area contributed by atoms with Crippen LogP contribution in [0.1, 0.15) is 262 Å². The number of hydrogen-bond acceptors (Lipinski definition) is 28. The van der Waals surface area contributed by atoms with Crippen LogP contribution < -0.4 is 39.9 Å². The van der Waals surface area contributed by atoms with Gasteiger partial charge in [-0.1, -0.05) is 36.4 Å². The number of nitrogens with one attached hydrogen (secondary N) is 6. The number of aromatic nitrogens is 9. The van der Waals surface area contributed by atoms with Gasteiger partial charge in [0.1, 0.15) is 51.5 Å². The Bertz CT molecular complexity index is 5930. The molecule has 0 spiro atoms. The fourth-order valence-electron chi connectivity index (χ4n) is 19.2. The van der Waals surface area contributed by atoms with Gasteiger partial charge in [0.15, 0.2) is 15.1 Å². The minimum Gasteiger partial charge on any atom is -0.444 e. The molecule has 6 atom stereocenters. The number of sulfonamides is 3. The molecule has 9 aromatic rings. The van der Waals surface area contributed by atoms with Crippen molar-refractivity contribution in [3.8, 4) is 0 Å². The van der Waals surface area contributed by atoms with Crippen LogP contribution in [0.5, 0.6) is 0 Å². The lowest BCUT2D eigenvalue weighted by atomic mass is 9.91. The van der Waals surface area contributed by atoms with Crippen molar-refractivity contribution in [3.63, 3.8) is 0 Å². The van der Waals surface area contributed by atoms with Crippen molar-refractivity contribution in [2.75, 3.05) is 65.2 Å². The number of nitrogens with zero attached hydrogens (tertiary/aromatic N) is 12. The average molecular weight is 1850 g/mol. The third kappa shape index (κ3) is 21.3. The van der Waals surface area contributed by atoms with E-state index in [-0.39, 0.29) is 73.8 Å². The summed E-state index contributed by atoms with van der Waals surface area (Å²) in [7, 11) is -13.0. The third-order valence-corrected chi connectivity index (χ3v) is 29.2. The maximum atomic E-state index is 15.0. The summed E-state index contributed by atoms with van der Waals surface area (Å²) in [6.45, 7) is 32.9. The first kappa shape index (κ1) is 94.3. The molecule has 696 valence electrons. The SMILES string of the molecule is CC(C)(C)OC(=O)N1C[C@@H](CCC(Nc2cccc(S(=O)(=O)NC(=O)c3cc4c(nc3F)C(C)(C)OCC4)n2)c2ccccn2)CC1(C)C.CC1(C)OCCc2cc3c(nc21)N1C[C@@H](CCC(c2ccccn2)Nc2cccc(n2)S(=O)(=O)NC3=O)CC1(C)C.CC1(C)OCCc2cc3c(nc21)N1C[C@@H](CCC(c2ccccn2)Nc2cccc(n2)S(=O)(=O)NC3=O)CC1(C)C. The molecule has 17 rings (SSSR count). The smallest absolute Gasteiger partial charge is 0.410 e. The minimum absolute atomic E-state index is 0.172. The standard InChI is InChI=1S/C35H45FN6O6S.2C30H36N6O4S/c1-33(2,3)48-32(44)42-21-22(20-34(42,4)5)14-15-26(25-11-8-9-17-37-25)38-27-12-10-13-28(39-27)49(45,46)41-31(43)24-19-23-16-18-47-35(6,7)29(23)40-30(24)36;2*1-29(2)17-19-11-12-23(22-8-5-6-14-31-22)32-24-9-7-10-25(33-24)41(38,39)35-28(37)21-16-20-13-15-40-30(3,4)26(20)34-27(21)36(29)18-19/h8-13,17,19,22,26H,14-16,18,20-21H2,1-7H3,(H,38,39)(H,41,43);2*5-10,14,16,19,23H,11-13,15,17-18H2,1-4H3,(H,32,33)(H,35,37)/t22-,26?;2*19-,23?/m000/s1. The van der Waals surface area contributed by atoms with E-state index >= 15 is 0 Å². The number of carbonyl (C=O) groups is 4. The van der Waals surface area contributed by atoms with Crippen LogP contribution >= 0.6 is 0 Å². The molecule has 32 nitrogen and oxygen atoms in total. The van der Waals surface area contributed by atoms with E-state index in [2.05, 4.69) is 97.8 Å². The van der Waals surface area contributed by atoms with E-state index in [9.17, 15) is 48.8 Å². The summed E-state index contributed by atoms with van der Waals surface area (Å²) >= 11 is 0. The second kappa shape index (κ2) is 36.7. The minimum atomic E-state index is -4.49. The summed E-state index contributed by atoms with van der Waals surface area (Å²) in [4.78, 5) is 101. The van der Waals surface area contributed by atoms with Gasteiger partial charge in [0, 0.05) is 54.8 Å². The second-order valence-electron chi connectivity index (χ2n) is 39.3. The van der Waals surface area contributed by atoms with Crippen LogP contribution in [0, 0.1) is 23.7 Å². The number of fused-ring (bicyclic) bond motifs is 15. The molecule has 4 amide bonds. The van der Waals surface area contributed by atoms with Gasteiger partial charge in [0.25, 0.3) is 47.8 Å². The highest BCUT2D eigenvalue weighted by molar-refractivity contribution is 7.90. The van der Waals surface area contributed by atoms with Gasteiger partial charge in [-0.15, -0.1) is 0 Å². The Balaban J connectivity index is 0.000000151. The van der Waals surface area contributed by atoms with E-state index in [1.54, 1.807) is 79.8 Å². The average Bonchev–Trinajstić information content (AvgIpc) is 1.65. The van der Waals surface area contributed by atoms with E-state index in [0.717, 1.165) is 91.0 Å². The number of anilines is 5. The fraction of sp³-hybridized carbons (Fsp3) is 0.484. The van der Waals surface area contributed by atoms with E-state index in [0.29, 0.717) is 112 Å². The van der Waals surface area contributed by atoms with Gasteiger partial charge in [-0.2, -0.15) is 29.6 Å². The molecule has 17 heterocycles. The first-order chi connectivity index (χ1) is 61.7. The van der Waals surface area contributed by atoms with Gasteiger partial charge in [0.05, 0.1) is 88.8 Å². The topological polar surface area (TPSA) is 406 Å². The number of amides is 4. The molecule has 8 aliphatic heterocycles. The zero-order chi connectivity index (χ0) is 93.8. The van der Waals surface area contributed by atoms with Gasteiger partial charge in [-0.25, -0.2) is 48.9 Å². The molecule has 3 unspecified atom stereocenters. The van der Waals surface area contributed by atoms with Crippen molar-refractivity contribution >= 4 is 83.0 Å². The molecule has 0 saturated carbocycles. The molecule has 131 heavy (non-hydrogen) atoms. The maximum Gasteiger partial charge on any atom is 0.410 e. The van der Waals surface area contributed by atoms with Gasteiger partial charge in [-0.3, -0.25) is 29.3 Å². The number of likely N-dealkylation sites (tertiary alicyclic amines) is 1. The Kier molecular flexibility index (Phi) is 26.4. The van der Waals surface area contributed by atoms with Crippen LogP contribution in [0.3, 0.4) is 0 Å². The lowest BCUT2D eigenvalue weighted by Crippen LogP contribution is -2.45. The normalized spacial score (nSPS) is 22.5. The largest absolute Gasteiger partial charge is 0.444 e. The number of ether oxygens (including phenoxy) is 4. The summed E-state index contributed by atoms with van der Waals surface area (Å²) in [5, 5.41) is 9.22. The molecule has 3 fully saturated rings.